The van der Waals surface area contributed by atoms with Crippen LogP contribution in [0.3, 0.4) is 0 Å². The van der Waals surface area contributed by atoms with Gasteiger partial charge in [-0.1, -0.05) is 24.3 Å². The number of nitrogens with zero attached hydrogens (tertiary/aromatic N) is 2. The number of carbonyl (C=O) groups excluding carboxylic acids is 2. The number of esters is 1. The van der Waals surface area contributed by atoms with Gasteiger partial charge in [-0.15, -0.1) is 0 Å². The van der Waals surface area contributed by atoms with Crippen molar-refractivity contribution in [3.8, 4) is 0 Å². The van der Waals surface area contributed by atoms with E-state index in [0.717, 1.165) is 18.8 Å². The van der Waals surface area contributed by atoms with Crippen LogP contribution in [-0.4, -0.2) is 49.6 Å². The molecule has 0 atom stereocenters. The summed E-state index contributed by atoms with van der Waals surface area (Å²) in [6.45, 7) is 2.50. The predicted molar refractivity (Wildman–Crippen MR) is 96.4 cm³/mol. The second-order valence-electron chi connectivity index (χ2n) is 5.90. The van der Waals surface area contributed by atoms with Crippen molar-refractivity contribution in [1.82, 2.24) is 4.90 Å². The number of anilines is 2. The minimum atomic E-state index is -0.538. The van der Waals surface area contributed by atoms with Gasteiger partial charge >= 0.3 is 5.97 Å². The zero-order chi connectivity index (χ0) is 17.6. The van der Waals surface area contributed by atoms with E-state index in [-0.39, 0.29) is 12.5 Å². The third kappa shape index (κ3) is 4.29. The molecule has 2 N–H and O–H groups in total. The molecular formula is C19H21N3O3. The number of amides is 1. The maximum absolute atomic E-state index is 12.2. The van der Waals surface area contributed by atoms with E-state index in [1.165, 1.54) is 6.07 Å². The maximum Gasteiger partial charge on any atom is 0.338 e. The Bertz CT molecular complexity index is 741. The first-order valence-corrected chi connectivity index (χ1v) is 8.24. The topological polar surface area (TPSA) is 75.9 Å². The Balaban J connectivity index is 1.47. The van der Waals surface area contributed by atoms with Crippen LogP contribution < -0.4 is 10.6 Å². The summed E-state index contributed by atoms with van der Waals surface area (Å²) in [6.07, 6.45) is 0. The van der Waals surface area contributed by atoms with Crippen molar-refractivity contribution < 1.29 is 14.3 Å². The van der Waals surface area contributed by atoms with E-state index in [0.29, 0.717) is 24.3 Å². The van der Waals surface area contributed by atoms with Crippen LogP contribution in [-0.2, 0) is 9.53 Å². The number of hydrogen-bond acceptors (Lipinski definition) is 5. The van der Waals surface area contributed by atoms with E-state index in [1.54, 1.807) is 23.1 Å². The van der Waals surface area contributed by atoms with Gasteiger partial charge in [-0.2, -0.15) is 0 Å². The number of benzene rings is 2. The van der Waals surface area contributed by atoms with Crippen molar-refractivity contribution in [1.29, 1.82) is 0 Å². The molecule has 0 aromatic heterocycles. The molecule has 3 rings (SSSR count). The van der Waals surface area contributed by atoms with Gasteiger partial charge in [0.25, 0.3) is 5.91 Å². The van der Waals surface area contributed by atoms with Gasteiger partial charge < -0.3 is 20.3 Å². The van der Waals surface area contributed by atoms with Crippen LogP contribution in [0.25, 0.3) is 0 Å². The smallest absolute Gasteiger partial charge is 0.338 e. The summed E-state index contributed by atoms with van der Waals surface area (Å²) in [5.74, 6) is -0.714. The highest BCUT2D eigenvalue weighted by Crippen LogP contribution is 2.15. The normalized spacial score (nSPS) is 14.2. The molecule has 1 aliphatic heterocycles. The van der Waals surface area contributed by atoms with Gasteiger partial charge in [0.05, 0.1) is 5.56 Å². The fourth-order valence-electron chi connectivity index (χ4n) is 2.82. The molecule has 25 heavy (non-hydrogen) atoms. The number of ether oxygens (including phenoxy) is 1. The average Bonchev–Trinajstić information content (AvgIpc) is 2.66. The van der Waals surface area contributed by atoms with Crippen LogP contribution >= 0.6 is 0 Å². The monoisotopic (exact) mass is 339 g/mol. The molecule has 1 fully saturated rings. The molecule has 6 nitrogen and oxygen atoms in total. The summed E-state index contributed by atoms with van der Waals surface area (Å²) < 4.78 is 5.11. The van der Waals surface area contributed by atoms with Crippen LogP contribution in [0.15, 0.2) is 54.6 Å². The Labute approximate surface area is 146 Å². The molecule has 0 radical (unpaired) electrons. The molecule has 0 bridgehead atoms. The SMILES string of the molecule is Nc1cccc(C(=O)OCC(=O)N2CCN(c3ccccc3)CC2)c1. The summed E-state index contributed by atoms with van der Waals surface area (Å²) in [5, 5.41) is 0. The lowest BCUT2D eigenvalue weighted by molar-refractivity contribution is -0.134. The van der Waals surface area contributed by atoms with Gasteiger partial charge in [0, 0.05) is 37.6 Å². The van der Waals surface area contributed by atoms with Gasteiger partial charge in [-0.05, 0) is 30.3 Å². The van der Waals surface area contributed by atoms with E-state index >= 15 is 0 Å². The molecule has 0 aliphatic carbocycles. The highest BCUT2D eigenvalue weighted by atomic mass is 16.5. The summed E-state index contributed by atoms with van der Waals surface area (Å²) in [5.41, 5.74) is 7.63. The maximum atomic E-state index is 12.2. The first-order valence-electron chi connectivity index (χ1n) is 8.24. The second-order valence-corrected chi connectivity index (χ2v) is 5.90. The minimum Gasteiger partial charge on any atom is -0.452 e. The Morgan fingerprint density at radius 1 is 0.960 bits per heavy atom. The quantitative estimate of drug-likeness (QED) is 0.679. The molecular weight excluding hydrogens is 318 g/mol. The summed E-state index contributed by atoms with van der Waals surface area (Å²) >= 11 is 0. The first-order chi connectivity index (χ1) is 12.1. The molecule has 1 heterocycles. The molecule has 1 aliphatic rings. The Morgan fingerprint density at radius 2 is 1.68 bits per heavy atom. The number of nitrogen functional groups attached to an aromatic ring is 1. The van der Waals surface area contributed by atoms with Crippen LogP contribution in [0.1, 0.15) is 10.4 Å². The number of hydrogen-bond donors (Lipinski definition) is 1. The number of nitrogens with two attached hydrogens (primary N) is 1. The Hall–Kier alpha value is -3.02. The molecule has 2 aromatic rings. The van der Waals surface area contributed by atoms with Crippen LogP contribution in [0.4, 0.5) is 11.4 Å². The predicted octanol–water partition coefficient (Wildman–Crippen LogP) is 1.77. The van der Waals surface area contributed by atoms with Gasteiger partial charge in [0.1, 0.15) is 0 Å². The molecule has 1 amide bonds. The number of carbonyl (C=O) groups is 2. The fraction of sp³-hybridized carbons (Fsp3) is 0.263. The Morgan fingerprint density at radius 3 is 2.36 bits per heavy atom. The van der Waals surface area contributed by atoms with Crippen molar-refractivity contribution in [2.45, 2.75) is 0 Å². The largest absolute Gasteiger partial charge is 0.452 e. The second kappa shape index (κ2) is 7.70. The van der Waals surface area contributed by atoms with E-state index in [4.69, 9.17) is 10.5 Å². The Kier molecular flexibility index (Phi) is 5.18. The highest BCUT2D eigenvalue weighted by molar-refractivity contribution is 5.92. The summed E-state index contributed by atoms with van der Waals surface area (Å²) in [6, 6.07) is 16.6. The number of para-hydroxylation sites is 1. The zero-order valence-electron chi connectivity index (χ0n) is 13.9. The van der Waals surface area contributed by atoms with E-state index < -0.39 is 5.97 Å². The first kappa shape index (κ1) is 16.8. The number of rotatable bonds is 4. The molecule has 0 unspecified atom stereocenters. The third-order valence-corrected chi connectivity index (χ3v) is 4.20. The molecule has 130 valence electrons. The lowest BCUT2D eigenvalue weighted by Crippen LogP contribution is -2.49. The summed E-state index contributed by atoms with van der Waals surface area (Å²) in [7, 11) is 0. The fourth-order valence-corrected chi connectivity index (χ4v) is 2.82. The van der Waals surface area contributed by atoms with Crippen molar-refractivity contribution in [3.05, 3.63) is 60.2 Å². The van der Waals surface area contributed by atoms with E-state index in [9.17, 15) is 9.59 Å². The van der Waals surface area contributed by atoms with Crippen LogP contribution in [0.5, 0.6) is 0 Å². The summed E-state index contributed by atoms with van der Waals surface area (Å²) in [4.78, 5) is 28.2. The van der Waals surface area contributed by atoms with E-state index in [2.05, 4.69) is 17.0 Å². The van der Waals surface area contributed by atoms with E-state index in [1.807, 2.05) is 18.2 Å². The van der Waals surface area contributed by atoms with Crippen LogP contribution in [0.2, 0.25) is 0 Å². The standard InChI is InChI=1S/C19H21N3O3/c20-16-6-4-5-15(13-16)19(24)25-14-18(23)22-11-9-21(10-12-22)17-7-2-1-3-8-17/h1-8,13H,9-12,14,20H2. The lowest BCUT2D eigenvalue weighted by Gasteiger charge is -2.36. The zero-order valence-corrected chi connectivity index (χ0v) is 13.9. The van der Waals surface area contributed by atoms with Gasteiger partial charge in [0.15, 0.2) is 6.61 Å². The van der Waals surface area contributed by atoms with Crippen molar-refractivity contribution in [2.24, 2.45) is 0 Å². The van der Waals surface area contributed by atoms with Crippen molar-refractivity contribution in [3.63, 3.8) is 0 Å². The van der Waals surface area contributed by atoms with Gasteiger partial charge in [-0.25, -0.2) is 4.79 Å². The van der Waals surface area contributed by atoms with Crippen molar-refractivity contribution in [2.75, 3.05) is 43.4 Å². The molecule has 0 saturated carbocycles. The lowest BCUT2D eigenvalue weighted by atomic mass is 10.2. The molecule has 0 spiro atoms. The third-order valence-electron chi connectivity index (χ3n) is 4.20. The minimum absolute atomic E-state index is 0.176. The van der Waals surface area contributed by atoms with Crippen LogP contribution in [0, 0.1) is 0 Å². The van der Waals surface area contributed by atoms with Gasteiger partial charge in [-0.3, -0.25) is 4.79 Å². The average molecular weight is 339 g/mol. The molecule has 2 aromatic carbocycles. The van der Waals surface area contributed by atoms with Gasteiger partial charge in [0.2, 0.25) is 0 Å². The molecule has 1 saturated heterocycles. The highest BCUT2D eigenvalue weighted by Gasteiger charge is 2.22. The van der Waals surface area contributed by atoms with Crippen molar-refractivity contribution >= 4 is 23.3 Å². The number of piperazine rings is 1. The molecule has 6 heteroatoms.